The van der Waals surface area contributed by atoms with Crippen molar-refractivity contribution in [2.75, 3.05) is 11.9 Å². The maximum absolute atomic E-state index is 15.5. The van der Waals surface area contributed by atoms with Crippen molar-refractivity contribution in [2.24, 2.45) is 5.73 Å². The Labute approximate surface area is 254 Å². The monoisotopic (exact) mass is 615 g/mol. The molecule has 0 bridgehead atoms. The number of primary amides is 1. The number of nitrogens with zero attached hydrogens (tertiary/aromatic N) is 5. The molecule has 1 fully saturated rings. The fraction of sp³-hybridized carbons (Fsp3) is 0.226. The highest BCUT2D eigenvalue weighted by Crippen LogP contribution is 2.36. The molecule has 3 amide bonds. The lowest BCUT2D eigenvalue weighted by Crippen LogP contribution is -2.44. The Morgan fingerprint density at radius 2 is 1.80 bits per heavy atom. The van der Waals surface area contributed by atoms with E-state index in [1.807, 2.05) is 19.1 Å². The van der Waals surface area contributed by atoms with Gasteiger partial charge in [0.05, 0.1) is 22.4 Å². The maximum atomic E-state index is 15.5. The van der Waals surface area contributed by atoms with Crippen LogP contribution in [0.15, 0.2) is 60.9 Å². The van der Waals surface area contributed by atoms with Crippen molar-refractivity contribution in [1.29, 1.82) is 0 Å². The number of aromatic nitrogens is 4. The first-order valence-electron chi connectivity index (χ1n) is 13.8. The second-order valence-electron chi connectivity index (χ2n) is 10.6. The summed E-state index contributed by atoms with van der Waals surface area (Å²) in [6, 6.07) is 12.5. The van der Waals surface area contributed by atoms with Crippen LogP contribution in [0.25, 0.3) is 31.8 Å². The number of amides is 3. The van der Waals surface area contributed by atoms with Crippen molar-refractivity contribution in [2.45, 2.75) is 39.0 Å². The van der Waals surface area contributed by atoms with E-state index < -0.39 is 35.8 Å². The van der Waals surface area contributed by atoms with E-state index in [0.29, 0.717) is 32.7 Å². The number of nitrogens with one attached hydrogen (secondary N) is 1. The van der Waals surface area contributed by atoms with Crippen molar-refractivity contribution in [3.63, 3.8) is 0 Å². The van der Waals surface area contributed by atoms with Crippen molar-refractivity contribution in [3.8, 4) is 21.6 Å². The number of hydrogen-bond acceptors (Lipinski definition) is 7. The lowest BCUT2D eigenvalue weighted by Gasteiger charge is -2.24. The number of benzene rings is 2. The largest absolute Gasteiger partial charge is 0.364 e. The summed E-state index contributed by atoms with van der Waals surface area (Å²) in [6.45, 7) is 2.93. The number of likely N-dealkylation sites (tertiary alicyclic amines) is 1. The first-order chi connectivity index (χ1) is 21.1. The average molecular weight is 616 g/mol. The number of anilines is 1. The smallest absolute Gasteiger partial charge is 0.270 e. The molecule has 0 radical (unpaired) electrons. The molecule has 6 rings (SSSR count). The van der Waals surface area contributed by atoms with Gasteiger partial charge in [-0.05, 0) is 37.1 Å². The lowest BCUT2D eigenvalue weighted by molar-refractivity contribution is -0.137. The van der Waals surface area contributed by atoms with E-state index in [4.69, 9.17) is 5.73 Å². The van der Waals surface area contributed by atoms with Crippen molar-refractivity contribution < 1.29 is 23.2 Å². The molecule has 44 heavy (non-hydrogen) atoms. The zero-order chi connectivity index (χ0) is 31.1. The van der Waals surface area contributed by atoms with Crippen LogP contribution in [0.3, 0.4) is 0 Å². The first kappa shape index (κ1) is 29.1. The molecule has 5 aromatic rings. The minimum absolute atomic E-state index is 0.0137. The second-order valence-corrected chi connectivity index (χ2v) is 11.6. The highest BCUT2D eigenvalue weighted by atomic mass is 32.1. The van der Waals surface area contributed by atoms with Crippen LogP contribution in [0, 0.1) is 19.7 Å². The summed E-state index contributed by atoms with van der Waals surface area (Å²) in [6.07, 6.45) is 1.60. The number of fused-ring (bicyclic) bond motifs is 1. The number of halogens is 2. The van der Waals surface area contributed by atoms with Gasteiger partial charge in [-0.15, -0.1) is 11.3 Å². The Balaban J connectivity index is 1.25. The Kier molecular flexibility index (Phi) is 7.64. The van der Waals surface area contributed by atoms with Crippen LogP contribution in [0.4, 0.5) is 14.5 Å². The predicted molar refractivity (Wildman–Crippen MR) is 162 cm³/mol. The second kappa shape index (κ2) is 11.6. The average Bonchev–Trinajstić information content (AvgIpc) is 3.69. The minimum atomic E-state index is -1.45. The van der Waals surface area contributed by atoms with Crippen LogP contribution in [-0.2, 0) is 16.1 Å². The molecular formula is C31H27F2N7O3S. The molecule has 1 aliphatic heterocycles. The van der Waals surface area contributed by atoms with E-state index in [9.17, 15) is 18.8 Å². The van der Waals surface area contributed by atoms with Gasteiger partial charge < -0.3 is 16.0 Å². The molecule has 0 spiro atoms. The van der Waals surface area contributed by atoms with Crippen LogP contribution >= 0.6 is 11.3 Å². The minimum Gasteiger partial charge on any atom is -0.364 e. The van der Waals surface area contributed by atoms with E-state index in [-0.39, 0.29) is 30.9 Å². The molecule has 3 N–H and O–H groups in total. The summed E-state index contributed by atoms with van der Waals surface area (Å²) < 4.78 is 32.0. The van der Waals surface area contributed by atoms with E-state index >= 15 is 4.39 Å². The Morgan fingerprint density at radius 1 is 1.07 bits per heavy atom. The fourth-order valence-electron chi connectivity index (χ4n) is 5.36. The van der Waals surface area contributed by atoms with Crippen molar-refractivity contribution in [3.05, 3.63) is 83.8 Å². The summed E-state index contributed by atoms with van der Waals surface area (Å²) >= 11 is 1.25. The number of hydrogen-bond donors (Lipinski definition) is 2. The van der Waals surface area contributed by atoms with Gasteiger partial charge in [0.2, 0.25) is 11.8 Å². The van der Waals surface area contributed by atoms with E-state index in [1.54, 1.807) is 49.6 Å². The van der Waals surface area contributed by atoms with Crippen LogP contribution in [0.1, 0.15) is 28.3 Å². The number of thiophene rings is 1. The third-order valence-electron chi connectivity index (χ3n) is 7.58. The topological polar surface area (TPSA) is 136 Å². The predicted octanol–water partition coefficient (Wildman–Crippen LogP) is 4.65. The van der Waals surface area contributed by atoms with Crippen LogP contribution in [-0.4, -0.2) is 61.1 Å². The molecule has 0 unspecified atom stereocenters. The summed E-state index contributed by atoms with van der Waals surface area (Å²) in [4.78, 5) is 49.3. The standard InChI is InChI=1S/C31H27F2N7O3S/c1-16-6-3-4-7-20(16)21-8-5-9-22(27(21)33)37-31(43)24-10-19(32)14-39(24)26(41)15-40-23-11-25(18-12-35-17(2)36-13-18)44-29(23)28(38-40)30(34)42/h3-9,11-13,19,24H,10,14-15H2,1-2H3,(H2,34,42)(H,37,43)/t19-,24+/m1/s1. The quantitative estimate of drug-likeness (QED) is 0.274. The highest BCUT2D eigenvalue weighted by molar-refractivity contribution is 7.22. The van der Waals surface area contributed by atoms with Gasteiger partial charge in [-0.1, -0.05) is 36.4 Å². The lowest BCUT2D eigenvalue weighted by atomic mass is 9.99. The van der Waals surface area contributed by atoms with Crippen LogP contribution in [0.2, 0.25) is 0 Å². The fourth-order valence-corrected chi connectivity index (χ4v) is 6.48. The maximum Gasteiger partial charge on any atom is 0.270 e. The van der Waals surface area contributed by atoms with Gasteiger partial charge in [-0.25, -0.2) is 18.7 Å². The van der Waals surface area contributed by atoms with Gasteiger partial charge in [0.15, 0.2) is 11.5 Å². The molecule has 0 saturated carbocycles. The highest BCUT2D eigenvalue weighted by Gasteiger charge is 2.40. The first-order valence-corrected chi connectivity index (χ1v) is 14.6. The van der Waals surface area contributed by atoms with Gasteiger partial charge in [0.25, 0.3) is 5.91 Å². The molecule has 10 nitrogen and oxygen atoms in total. The number of carbonyl (C=O) groups excluding carboxylic acids is 3. The number of nitrogens with two attached hydrogens (primary N) is 1. The van der Waals surface area contributed by atoms with Crippen molar-refractivity contribution in [1.82, 2.24) is 24.6 Å². The number of carbonyl (C=O) groups is 3. The summed E-state index contributed by atoms with van der Waals surface area (Å²) in [5.41, 5.74) is 8.51. The molecule has 2 atom stereocenters. The van der Waals surface area contributed by atoms with Gasteiger partial charge in [0.1, 0.15) is 24.6 Å². The summed E-state index contributed by atoms with van der Waals surface area (Å²) in [5, 5.41) is 6.81. The Hall–Kier alpha value is -5.04. The Bertz CT molecular complexity index is 1920. The van der Waals surface area contributed by atoms with Crippen molar-refractivity contribution >= 4 is 45.0 Å². The molecule has 3 aromatic heterocycles. The molecule has 13 heteroatoms. The normalized spacial score (nSPS) is 16.4. The van der Waals surface area contributed by atoms with E-state index in [2.05, 4.69) is 20.4 Å². The number of rotatable bonds is 7. The summed E-state index contributed by atoms with van der Waals surface area (Å²) in [7, 11) is 0. The van der Waals surface area contributed by atoms with E-state index in [0.717, 1.165) is 15.3 Å². The molecule has 1 saturated heterocycles. The van der Waals surface area contributed by atoms with Gasteiger partial charge in [0, 0.05) is 34.8 Å². The third kappa shape index (κ3) is 5.41. The molecule has 1 aliphatic rings. The Morgan fingerprint density at radius 3 is 2.52 bits per heavy atom. The van der Waals surface area contributed by atoms with Crippen LogP contribution < -0.4 is 11.1 Å². The zero-order valence-corrected chi connectivity index (χ0v) is 24.6. The zero-order valence-electron chi connectivity index (χ0n) is 23.8. The molecule has 0 aliphatic carbocycles. The number of aryl methyl sites for hydroxylation is 2. The van der Waals surface area contributed by atoms with Crippen LogP contribution in [0.5, 0.6) is 0 Å². The van der Waals surface area contributed by atoms with E-state index in [1.165, 1.54) is 22.1 Å². The molecule has 224 valence electrons. The van der Waals surface area contributed by atoms with Gasteiger partial charge >= 0.3 is 0 Å². The molecule has 4 heterocycles. The number of alkyl halides is 1. The van der Waals surface area contributed by atoms with Gasteiger partial charge in [-0.2, -0.15) is 5.10 Å². The SMILES string of the molecule is Cc1ncc(-c2cc3c(s2)c(C(N)=O)nn3CC(=O)N2C[C@H](F)C[C@H]2C(=O)Nc2cccc(-c3ccccc3C)c2F)cn1. The van der Waals surface area contributed by atoms with Gasteiger partial charge in [-0.3, -0.25) is 19.1 Å². The third-order valence-corrected chi connectivity index (χ3v) is 8.76. The molecule has 2 aromatic carbocycles. The summed E-state index contributed by atoms with van der Waals surface area (Å²) in [5.74, 6) is -2.10. The molecular weight excluding hydrogens is 588 g/mol.